The van der Waals surface area contributed by atoms with E-state index in [-0.39, 0.29) is 0 Å². The monoisotopic (exact) mass is 254 g/mol. The van der Waals surface area contributed by atoms with E-state index in [2.05, 4.69) is 32.6 Å². The van der Waals surface area contributed by atoms with Crippen molar-refractivity contribution in [1.82, 2.24) is 19.6 Å². The molecule has 4 heteroatoms. The van der Waals surface area contributed by atoms with Crippen molar-refractivity contribution in [2.45, 2.75) is 39.5 Å². The number of fused-ring (bicyclic) bond motifs is 3. The molecule has 0 N–H and O–H groups in total. The highest BCUT2D eigenvalue weighted by Gasteiger charge is 2.11. The Balaban J connectivity index is 2.18. The van der Waals surface area contributed by atoms with Crippen LogP contribution in [0.5, 0.6) is 0 Å². The molecule has 0 fully saturated rings. The van der Waals surface area contributed by atoms with E-state index in [0.29, 0.717) is 0 Å². The van der Waals surface area contributed by atoms with Gasteiger partial charge in [0.2, 0.25) is 0 Å². The van der Waals surface area contributed by atoms with Crippen molar-refractivity contribution in [2.75, 3.05) is 0 Å². The SMILES string of the molecule is CCCCCc1nnc2c(C)nc3ccccc3n12. The average molecular weight is 254 g/mol. The molecule has 0 aliphatic carbocycles. The number of hydrogen-bond acceptors (Lipinski definition) is 3. The van der Waals surface area contributed by atoms with Gasteiger partial charge in [-0.3, -0.25) is 4.40 Å². The lowest BCUT2D eigenvalue weighted by molar-refractivity contribution is 0.690. The Hall–Kier alpha value is -1.97. The molecule has 98 valence electrons. The number of hydrogen-bond donors (Lipinski definition) is 0. The molecule has 3 rings (SSSR count). The number of unbranched alkanes of at least 4 members (excludes halogenated alkanes) is 2. The highest BCUT2D eigenvalue weighted by Crippen LogP contribution is 2.18. The quantitative estimate of drug-likeness (QED) is 0.671. The predicted octanol–water partition coefficient (Wildman–Crippen LogP) is 3.32. The highest BCUT2D eigenvalue weighted by molar-refractivity contribution is 5.78. The smallest absolute Gasteiger partial charge is 0.182 e. The minimum absolute atomic E-state index is 0.880. The third-order valence-corrected chi connectivity index (χ3v) is 3.47. The summed E-state index contributed by atoms with van der Waals surface area (Å²) in [6.45, 7) is 4.21. The molecule has 0 atom stereocenters. The van der Waals surface area contributed by atoms with Gasteiger partial charge in [0, 0.05) is 6.42 Å². The van der Waals surface area contributed by atoms with E-state index >= 15 is 0 Å². The largest absolute Gasteiger partial charge is 0.276 e. The number of benzene rings is 1. The summed E-state index contributed by atoms with van der Waals surface area (Å²) in [5.74, 6) is 1.05. The summed E-state index contributed by atoms with van der Waals surface area (Å²) in [5, 5.41) is 8.65. The number of nitrogens with zero attached hydrogens (tertiary/aromatic N) is 4. The third kappa shape index (κ3) is 2.07. The standard InChI is InChI=1S/C15H18N4/c1-3-4-5-10-14-17-18-15-11(2)16-12-8-6-7-9-13(12)19(14)15/h6-9H,3-5,10H2,1-2H3. The van der Waals surface area contributed by atoms with Crippen molar-refractivity contribution in [3.63, 3.8) is 0 Å². The van der Waals surface area contributed by atoms with Gasteiger partial charge in [-0.25, -0.2) is 4.98 Å². The van der Waals surface area contributed by atoms with Crippen molar-refractivity contribution in [3.8, 4) is 0 Å². The maximum Gasteiger partial charge on any atom is 0.182 e. The van der Waals surface area contributed by atoms with E-state index < -0.39 is 0 Å². The minimum atomic E-state index is 0.880. The van der Waals surface area contributed by atoms with Crippen LogP contribution >= 0.6 is 0 Å². The highest BCUT2D eigenvalue weighted by atomic mass is 15.3. The van der Waals surface area contributed by atoms with Gasteiger partial charge in [0.25, 0.3) is 0 Å². The molecular formula is C15H18N4. The van der Waals surface area contributed by atoms with Gasteiger partial charge in [-0.15, -0.1) is 10.2 Å². The molecule has 0 spiro atoms. The zero-order valence-electron chi connectivity index (χ0n) is 11.4. The fourth-order valence-electron chi connectivity index (χ4n) is 2.48. The topological polar surface area (TPSA) is 43.1 Å². The van der Waals surface area contributed by atoms with Crippen molar-refractivity contribution >= 4 is 16.7 Å². The van der Waals surface area contributed by atoms with Crippen molar-refractivity contribution in [1.29, 1.82) is 0 Å². The zero-order chi connectivity index (χ0) is 13.2. The molecule has 0 bridgehead atoms. The predicted molar refractivity (Wildman–Crippen MR) is 76.3 cm³/mol. The first-order chi connectivity index (χ1) is 9.31. The maximum absolute atomic E-state index is 4.59. The van der Waals surface area contributed by atoms with Gasteiger partial charge in [-0.2, -0.15) is 0 Å². The molecule has 4 nitrogen and oxygen atoms in total. The van der Waals surface area contributed by atoms with Gasteiger partial charge >= 0.3 is 0 Å². The summed E-state index contributed by atoms with van der Waals surface area (Å²) in [6, 6.07) is 8.18. The lowest BCUT2D eigenvalue weighted by Gasteiger charge is -2.06. The molecule has 0 aliphatic heterocycles. The normalized spacial score (nSPS) is 11.5. The average Bonchev–Trinajstić information content (AvgIpc) is 2.84. The lowest BCUT2D eigenvalue weighted by Crippen LogP contribution is -2.00. The van der Waals surface area contributed by atoms with Crippen LogP contribution in [-0.2, 0) is 6.42 Å². The summed E-state index contributed by atoms with van der Waals surface area (Å²) < 4.78 is 2.16. The van der Waals surface area contributed by atoms with Crippen LogP contribution in [0.3, 0.4) is 0 Å². The summed E-state index contributed by atoms with van der Waals surface area (Å²) in [4.78, 5) is 4.59. The molecule has 1 aromatic carbocycles. The molecule has 0 aliphatic rings. The first-order valence-electron chi connectivity index (χ1n) is 6.90. The van der Waals surface area contributed by atoms with E-state index in [1.807, 2.05) is 25.1 Å². The second-order valence-corrected chi connectivity index (χ2v) is 4.92. The van der Waals surface area contributed by atoms with Crippen LogP contribution in [0.1, 0.15) is 37.7 Å². The first kappa shape index (κ1) is 12.1. The van der Waals surface area contributed by atoms with Gasteiger partial charge in [0.15, 0.2) is 5.65 Å². The Labute approximate surface area is 112 Å². The van der Waals surface area contributed by atoms with Crippen LogP contribution in [-0.4, -0.2) is 19.6 Å². The molecule has 2 aromatic heterocycles. The number of para-hydroxylation sites is 2. The summed E-state index contributed by atoms with van der Waals surface area (Å²) >= 11 is 0. The maximum atomic E-state index is 4.59. The molecule has 0 radical (unpaired) electrons. The molecule has 3 aromatic rings. The molecule has 0 saturated carbocycles. The summed E-state index contributed by atoms with van der Waals surface area (Å²) in [5.41, 5.74) is 3.92. The molecular weight excluding hydrogens is 236 g/mol. The number of rotatable bonds is 4. The number of aryl methyl sites for hydroxylation is 2. The second-order valence-electron chi connectivity index (χ2n) is 4.92. The van der Waals surface area contributed by atoms with Gasteiger partial charge in [-0.05, 0) is 25.5 Å². The van der Waals surface area contributed by atoms with Crippen LogP contribution in [0.25, 0.3) is 16.7 Å². The Morgan fingerprint density at radius 3 is 2.79 bits per heavy atom. The Bertz CT molecular complexity index is 715. The van der Waals surface area contributed by atoms with Crippen molar-refractivity contribution in [2.24, 2.45) is 0 Å². The van der Waals surface area contributed by atoms with Crippen LogP contribution in [0.2, 0.25) is 0 Å². The summed E-state index contributed by atoms with van der Waals surface area (Å²) in [7, 11) is 0. The molecule has 0 saturated heterocycles. The van der Waals surface area contributed by atoms with Crippen LogP contribution in [0.4, 0.5) is 0 Å². The fourth-order valence-corrected chi connectivity index (χ4v) is 2.48. The molecule has 0 unspecified atom stereocenters. The van der Waals surface area contributed by atoms with Gasteiger partial charge in [-0.1, -0.05) is 31.9 Å². The first-order valence-corrected chi connectivity index (χ1v) is 6.90. The van der Waals surface area contributed by atoms with E-state index in [9.17, 15) is 0 Å². The molecule has 2 heterocycles. The van der Waals surface area contributed by atoms with Gasteiger partial charge in [0.05, 0.1) is 16.7 Å². The Morgan fingerprint density at radius 2 is 1.95 bits per heavy atom. The third-order valence-electron chi connectivity index (χ3n) is 3.47. The lowest BCUT2D eigenvalue weighted by atomic mass is 10.2. The fraction of sp³-hybridized carbons (Fsp3) is 0.400. The van der Waals surface area contributed by atoms with Crippen LogP contribution in [0.15, 0.2) is 24.3 Å². The van der Waals surface area contributed by atoms with E-state index in [0.717, 1.165) is 41.0 Å². The van der Waals surface area contributed by atoms with Crippen LogP contribution in [0, 0.1) is 6.92 Å². The second kappa shape index (κ2) is 4.96. The molecule has 19 heavy (non-hydrogen) atoms. The molecule has 0 amide bonds. The Kier molecular flexibility index (Phi) is 3.15. The van der Waals surface area contributed by atoms with Crippen molar-refractivity contribution in [3.05, 3.63) is 35.8 Å². The van der Waals surface area contributed by atoms with E-state index in [1.54, 1.807) is 0 Å². The summed E-state index contributed by atoms with van der Waals surface area (Å²) in [6.07, 6.45) is 4.59. The Morgan fingerprint density at radius 1 is 1.11 bits per heavy atom. The zero-order valence-corrected chi connectivity index (χ0v) is 11.4. The van der Waals surface area contributed by atoms with Crippen LogP contribution < -0.4 is 0 Å². The minimum Gasteiger partial charge on any atom is -0.276 e. The van der Waals surface area contributed by atoms with E-state index in [1.165, 1.54) is 12.8 Å². The number of aromatic nitrogens is 4. The van der Waals surface area contributed by atoms with Gasteiger partial charge < -0.3 is 0 Å². The van der Waals surface area contributed by atoms with Gasteiger partial charge in [0.1, 0.15) is 5.82 Å². The van der Waals surface area contributed by atoms with E-state index in [4.69, 9.17) is 0 Å². The van der Waals surface area contributed by atoms with Crippen molar-refractivity contribution < 1.29 is 0 Å².